The van der Waals surface area contributed by atoms with E-state index >= 15 is 0 Å². The lowest BCUT2D eigenvalue weighted by Crippen LogP contribution is -2.58. The number of nitrogens with zero attached hydrogens (tertiary/aromatic N) is 3. The highest BCUT2D eigenvalue weighted by Crippen LogP contribution is 2.48. The molecule has 1 fully saturated rings. The molecule has 1 aliphatic heterocycles. The summed E-state index contributed by atoms with van der Waals surface area (Å²) in [4.78, 5) is 26.7. The molecule has 3 rings (SSSR count). The molecule has 1 aliphatic rings. The van der Waals surface area contributed by atoms with Gasteiger partial charge in [0.25, 0.3) is 0 Å². The van der Waals surface area contributed by atoms with Crippen molar-refractivity contribution in [2.75, 3.05) is 13.7 Å². The average molecular weight is 384 g/mol. The van der Waals surface area contributed by atoms with E-state index in [1.165, 1.54) is 6.92 Å². The van der Waals surface area contributed by atoms with Crippen LogP contribution in [-0.2, 0) is 16.6 Å². The monoisotopic (exact) mass is 384 g/mol. The number of amides is 2. The summed E-state index contributed by atoms with van der Waals surface area (Å²) < 4.78 is 6.95. The Kier molecular flexibility index (Phi) is 5.45. The van der Waals surface area contributed by atoms with Gasteiger partial charge in [-0.25, -0.2) is 0 Å². The van der Waals surface area contributed by atoms with Gasteiger partial charge in [0.1, 0.15) is 5.75 Å². The van der Waals surface area contributed by atoms with Crippen LogP contribution in [0.5, 0.6) is 5.75 Å². The van der Waals surface area contributed by atoms with Gasteiger partial charge in [0, 0.05) is 37.7 Å². The Bertz CT molecular complexity index is 857. The maximum Gasteiger partial charge on any atom is 0.225 e. The molecule has 1 aromatic heterocycles. The summed E-state index contributed by atoms with van der Waals surface area (Å²) >= 11 is 0. The average Bonchev–Trinajstić information content (AvgIpc) is 3.04. The number of aryl methyl sites for hydroxylation is 1. The summed E-state index contributed by atoms with van der Waals surface area (Å²) in [5.74, 6) is 0.585. The highest BCUT2D eigenvalue weighted by molar-refractivity contribution is 5.80. The van der Waals surface area contributed by atoms with Crippen molar-refractivity contribution in [3.05, 3.63) is 47.8 Å². The number of aromatic nitrogens is 2. The molecule has 2 atom stereocenters. The van der Waals surface area contributed by atoms with Crippen molar-refractivity contribution in [1.29, 1.82) is 0 Å². The lowest BCUT2D eigenvalue weighted by atomic mass is 9.72. The van der Waals surface area contributed by atoms with E-state index in [0.717, 1.165) is 16.9 Å². The van der Waals surface area contributed by atoms with Crippen molar-refractivity contribution in [2.45, 2.75) is 39.3 Å². The topological polar surface area (TPSA) is 76.5 Å². The van der Waals surface area contributed by atoms with E-state index < -0.39 is 0 Å². The van der Waals surface area contributed by atoms with Gasteiger partial charge in [0.15, 0.2) is 0 Å². The van der Waals surface area contributed by atoms with Crippen LogP contribution < -0.4 is 10.1 Å². The molecule has 2 heterocycles. The molecule has 2 amide bonds. The minimum Gasteiger partial charge on any atom is -0.497 e. The first kappa shape index (κ1) is 19.9. The van der Waals surface area contributed by atoms with Crippen LogP contribution in [0.2, 0.25) is 0 Å². The van der Waals surface area contributed by atoms with E-state index in [1.54, 1.807) is 11.8 Å². The van der Waals surface area contributed by atoms with Gasteiger partial charge in [-0.1, -0.05) is 26.0 Å². The largest absolute Gasteiger partial charge is 0.497 e. The number of likely N-dealkylation sites (tertiary alicyclic amines) is 1. The lowest BCUT2D eigenvalue weighted by molar-refractivity contribution is -0.152. The van der Waals surface area contributed by atoms with Crippen LogP contribution in [-0.4, -0.2) is 40.1 Å². The molecular weight excluding hydrogens is 356 g/mol. The number of nitrogens with one attached hydrogen (secondary N) is 1. The molecule has 0 bridgehead atoms. The summed E-state index contributed by atoms with van der Waals surface area (Å²) in [6.45, 7) is 6.46. The van der Waals surface area contributed by atoms with E-state index in [4.69, 9.17) is 4.74 Å². The molecule has 0 unspecified atom stereocenters. The third kappa shape index (κ3) is 4.03. The van der Waals surface area contributed by atoms with Crippen molar-refractivity contribution in [3.63, 3.8) is 0 Å². The molecule has 2 aromatic rings. The maximum absolute atomic E-state index is 13.1. The summed E-state index contributed by atoms with van der Waals surface area (Å²) in [6, 6.07) is 7.03. The first-order chi connectivity index (χ1) is 13.2. The fraction of sp³-hybridized carbons (Fsp3) is 0.476. The zero-order valence-electron chi connectivity index (χ0n) is 17.1. The Morgan fingerprint density at radius 1 is 1.32 bits per heavy atom. The van der Waals surface area contributed by atoms with Gasteiger partial charge >= 0.3 is 0 Å². The molecular formula is C21H28N4O3. The molecule has 1 saturated heterocycles. The maximum atomic E-state index is 13.1. The number of rotatable bonds is 6. The number of methoxy groups -OCH3 is 1. The second-order valence-corrected chi connectivity index (χ2v) is 8.09. The molecule has 150 valence electrons. The highest BCUT2D eigenvalue weighted by Gasteiger charge is 2.49. The molecule has 1 aromatic carbocycles. The zero-order valence-corrected chi connectivity index (χ0v) is 17.1. The van der Waals surface area contributed by atoms with Gasteiger partial charge in [-0.2, -0.15) is 5.10 Å². The predicted octanol–water partition coefficient (Wildman–Crippen LogP) is 2.61. The Morgan fingerprint density at radius 3 is 2.50 bits per heavy atom. The number of hydrogen-bond donors (Lipinski definition) is 1. The van der Waals surface area contributed by atoms with Gasteiger partial charge < -0.3 is 15.0 Å². The quantitative estimate of drug-likeness (QED) is 0.831. The molecule has 0 saturated carbocycles. The summed E-state index contributed by atoms with van der Waals surface area (Å²) in [5.41, 5.74) is 1.90. The third-order valence-electron chi connectivity index (χ3n) is 5.27. The van der Waals surface area contributed by atoms with Crippen LogP contribution in [0.4, 0.5) is 0 Å². The van der Waals surface area contributed by atoms with Crippen LogP contribution in [0.15, 0.2) is 36.7 Å². The number of ether oxygens (including phenoxy) is 1. The number of benzene rings is 1. The molecule has 7 nitrogen and oxygen atoms in total. The number of carbonyl (C=O) groups is 2. The van der Waals surface area contributed by atoms with E-state index in [9.17, 15) is 9.59 Å². The van der Waals surface area contributed by atoms with Gasteiger partial charge in [-0.05, 0) is 17.7 Å². The Morgan fingerprint density at radius 2 is 2.00 bits per heavy atom. The summed E-state index contributed by atoms with van der Waals surface area (Å²) in [7, 11) is 3.48. The number of carbonyl (C=O) groups excluding carboxylic acids is 2. The van der Waals surface area contributed by atoms with Gasteiger partial charge in [-0.3, -0.25) is 14.3 Å². The van der Waals surface area contributed by atoms with E-state index in [1.807, 2.05) is 48.6 Å². The van der Waals surface area contributed by atoms with Crippen molar-refractivity contribution < 1.29 is 14.3 Å². The number of hydrogen-bond acceptors (Lipinski definition) is 4. The minimum atomic E-state index is -0.380. The van der Waals surface area contributed by atoms with E-state index in [2.05, 4.69) is 24.3 Å². The van der Waals surface area contributed by atoms with Crippen molar-refractivity contribution in [2.24, 2.45) is 12.5 Å². The van der Waals surface area contributed by atoms with Crippen LogP contribution in [0, 0.1) is 5.41 Å². The molecule has 1 N–H and O–H groups in total. The Labute approximate surface area is 165 Å². The summed E-state index contributed by atoms with van der Waals surface area (Å²) in [6.07, 6.45) is 3.99. The van der Waals surface area contributed by atoms with E-state index in [-0.39, 0.29) is 35.7 Å². The Balaban J connectivity index is 1.78. The normalized spacial score (nSPS) is 18.9. The zero-order chi connectivity index (χ0) is 20.5. The van der Waals surface area contributed by atoms with Crippen LogP contribution in [0.3, 0.4) is 0 Å². The van der Waals surface area contributed by atoms with Crippen LogP contribution >= 0.6 is 0 Å². The molecule has 0 radical (unpaired) electrons. The highest BCUT2D eigenvalue weighted by atomic mass is 16.5. The first-order valence-electron chi connectivity index (χ1n) is 9.40. The van der Waals surface area contributed by atoms with E-state index in [0.29, 0.717) is 6.54 Å². The van der Waals surface area contributed by atoms with Crippen molar-refractivity contribution >= 4 is 11.8 Å². The van der Waals surface area contributed by atoms with Gasteiger partial charge in [0.2, 0.25) is 11.8 Å². The molecule has 7 heteroatoms. The van der Waals surface area contributed by atoms with Crippen molar-refractivity contribution in [1.82, 2.24) is 20.0 Å². The minimum absolute atomic E-state index is 0.0115. The SMILES string of the molecule is COc1ccc([C@H](CC(=O)N2CC(C)(C)[C@H]2c2cnn(C)c2)NC(C)=O)cc1. The second kappa shape index (κ2) is 7.66. The Hall–Kier alpha value is -2.83. The predicted molar refractivity (Wildman–Crippen MR) is 106 cm³/mol. The van der Waals surface area contributed by atoms with Crippen LogP contribution in [0.1, 0.15) is 50.4 Å². The smallest absolute Gasteiger partial charge is 0.225 e. The third-order valence-corrected chi connectivity index (χ3v) is 5.27. The lowest BCUT2D eigenvalue weighted by Gasteiger charge is -2.54. The van der Waals surface area contributed by atoms with Gasteiger partial charge in [0.05, 0.1) is 31.8 Å². The van der Waals surface area contributed by atoms with Gasteiger partial charge in [-0.15, -0.1) is 0 Å². The first-order valence-corrected chi connectivity index (χ1v) is 9.40. The molecule has 0 aliphatic carbocycles. The second-order valence-electron chi connectivity index (χ2n) is 8.09. The van der Waals surface area contributed by atoms with Crippen LogP contribution in [0.25, 0.3) is 0 Å². The molecule has 28 heavy (non-hydrogen) atoms. The molecule has 0 spiro atoms. The summed E-state index contributed by atoms with van der Waals surface area (Å²) in [5, 5.41) is 7.16. The van der Waals surface area contributed by atoms with Crippen molar-refractivity contribution in [3.8, 4) is 5.75 Å². The fourth-order valence-corrected chi connectivity index (χ4v) is 4.00. The fourth-order valence-electron chi connectivity index (χ4n) is 4.00. The standard InChI is InChI=1S/C21H28N4O3/c1-14(26)23-18(15-6-8-17(28-5)9-7-15)10-19(27)25-13-21(2,3)20(25)16-11-22-24(4)12-16/h6-9,11-12,18,20H,10,13H2,1-5H3,(H,23,26)/t18-,20+/m0/s1.